The van der Waals surface area contributed by atoms with Crippen LogP contribution in [0.4, 0.5) is 13.2 Å². The minimum absolute atomic E-state index is 0.216. The second-order valence-corrected chi connectivity index (χ2v) is 6.93. The lowest BCUT2D eigenvalue weighted by Gasteiger charge is -2.07. The number of nitrogens with zero attached hydrogens (tertiary/aromatic N) is 1. The molecule has 0 aliphatic rings. The van der Waals surface area contributed by atoms with Crippen molar-refractivity contribution in [3.8, 4) is 5.75 Å². The van der Waals surface area contributed by atoms with E-state index in [-0.39, 0.29) is 6.61 Å². The Hall–Kier alpha value is -3.72. The first-order chi connectivity index (χ1) is 15.9. The summed E-state index contributed by atoms with van der Waals surface area (Å²) < 4.78 is 54.5. The van der Waals surface area contributed by atoms with E-state index in [0.29, 0.717) is 42.7 Å². The van der Waals surface area contributed by atoms with Gasteiger partial charge in [0.25, 0.3) is 0 Å². The summed E-state index contributed by atoms with van der Waals surface area (Å²) in [4.78, 5) is 4.29. The molecule has 3 N–H and O–H groups in total. The van der Waals surface area contributed by atoms with E-state index in [1.807, 2.05) is 24.3 Å². The summed E-state index contributed by atoms with van der Waals surface area (Å²) in [6.45, 7) is 1.94. The van der Waals surface area contributed by atoms with Crippen LogP contribution in [0.3, 0.4) is 0 Å². The summed E-state index contributed by atoms with van der Waals surface area (Å²) in [5.41, 5.74) is 6.75. The summed E-state index contributed by atoms with van der Waals surface area (Å²) in [7, 11) is 0. The SMILES string of the molecule is N/C=C\NCCOCc1ccc(OCc2coc(/C=C/c3ccc(C(F)(F)F)cc3)n2)cc1. The van der Waals surface area contributed by atoms with E-state index >= 15 is 0 Å². The molecule has 0 fully saturated rings. The Balaban J connectivity index is 1.43. The van der Waals surface area contributed by atoms with E-state index < -0.39 is 11.7 Å². The minimum atomic E-state index is -4.35. The average molecular weight is 459 g/mol. The molecular weight excluding hydrogens is 435 g/mol. The van der Waals surface area contributed by atoms with Gasteiger partial charge in [-0.1, -0.05) is 24.3 Å². The monoisotopic (exact) mass is 459 g/mol. The number of nitrogens with two attached hydrogens (primary N) is 1. The molecule has 1 aromatic heterocycles. The molecule has 0 aliphatic heterocycles. The number of hydrogen-bond donors (Lipinski definition) is 2. The van der Waals surface area contributed by atoms with E-state index in [0.717, 1.165) is 17.7 Å². The van der Waals surface area contributed by atoms with Gasteiger partial charge in [0.1, 0.15) is 24.3 Å². The Morgan fingerprint density at radius 3 is 2.45 bits per heavy atom. The van der Waals surface area contributed by atoms with Crippen LogP contribution in [0.5, 0.6) is 5.75 Å². The number of aromatic nitrogens is 1. The highest BCUT2D eigenvalue weighted by Gasteiger charge is 2.29. The van der Waals surface area contributed by atoms with Crippen LogP contribution in [0.15, 0.2) is 71.6 Å². The van der Waals surface area contributed by atoms with E-state index in [2.05, 4.69) is 10.3 Å². The topological polar surface area (TPSA) is 82.5 Å². The normalized spacial score (nSPS) is 12.0. The predicted molar refractivity (Wildman–Crippen MR) is 119 cm³/mol. The highest BCUT2D eigenvalue weighted by molar-refractivity contribution is 5.66. The maximum Gasteiger partial charge on any atom is 0.416 e. The standard InChI is InChI=1S/C24H24F3N3O3/c25-24(26,27)20-6-1-18(2-7-20)5-10-23-30-21(17-33-23)16-32-22-8-3-19(4-9-22)15-31-14-13-29-12-11-28/h1-12,17,29H,13-16,28H2/b10-5+,12-11-. The summed E-state index contributed by atoms with van der Waals surface area (Å²) in [5.74, 6) is 1.01. The van der Waals surface area contributed by atoms with Gasteiger partial charge in [-0.15, -0.1) is 0 Å². The molecule has 33 heavy (non-hydrogen) atoms. The third kappa shape index (κ3) is 8.04. The largest absolute Gasteiger partial charge is 0.487 e. The van der Waals surface area contributed by atoms with Gasteiger partial charge in [-0.2, -0.15) is 13.2 Å². The van der Waals surface area contributed by atoms with Gasteiger partial charge >= 0.3 is 6.18 Å². The van der Waals surface area contributed by atoms with Gasteiger partial charge in [0.05, 0.1) is 18.8 Å². The lowest BCUT2D eigenvalue weighted by atomic mass is 10.1. The maximum atomic E-state index is 12.6. The van der Waals surface area contributed by atoms with Crippen molar-refractivity contribution in [1.82, 2.24) is 10.3 Å². The van der Waals surface area contributed by atoms with Crippen LogP contribution in [0.2, 0.25) is 0 Å². The fraction of sp³-hybridized carbons (Fsp3) is 0.208. The molecule has 0 bridgehead atoms. The van der Waals surface area contributed by atoms with E-state index in [1.165, 1.54) is 24.6 Å². The van der Waals surface area contributed by atoms with Crippen molar-refractivity contribution in [3.05, 3.63) is 95.5 Å². The van der Waals surface area contributed by atoms with Gasteiger partial charge in [0, 0.05) is 25.0 Å². The summed E-state index contributed by atoms with van der Waals surface area (Å²) >= 11 is 0. The van der Waals surface area contributed by atoms with Gasteiger partial charge in [0.2, 0.25) is 5.89 Å². The van der Waals surface area contributed by atoms with Crippen LogP contribution in [-0.4, -0.2) is 18.1 Å². The molecule has 3 rings (SSSR count). The zero-order chi connectivity index (χ0) is 23.5. The van der Waals surface area contributed by atoms with Gasteiger partial charge < -0.3 is 24.9 Å². The van der Waals surface area contributed by atoms with Crippen LogP contribution in [0.1, 0.15) is 28.3 Å². The third-order valence-corrected chi connectivity index (χ3v) is 4.41. The lowest BCUT2D eigenvalue weighted by molar-refractivity contribution is -0.137. The zero-order valence-electron chi connectivity index (χ0n) is 17.7. The van der Waals surface area contributed by atoms with Crippen LogP contribution in [0, 0.1) is 0 Å². The van der Waals surface area contributed by atoms with Crippen molar-refractivity contribution >= 4 is 12.2 Å². The fourth-order valence-electron chi connectivity index (χ4n) is 2.73. The van der Waals surface area contributed by atoms with Crippen molar-refractivity contribution in [2.45, 2.75) is 19.4 Å². The zero-order valence-corrected chi connectivity index (χ0v) is 17.7. The van der Waals surface area contributed by atoms with Crippen molar-refractivity contribution in [2.24, 2.45) is 5.73 Å². The van der Waals surface area contributed by atoms with Crippen molar-refractivity contribution < 1.29 is 27.1 Å². The molecule has 174 valence electrons. The second-order valence-electron chi connectivity index (χ2n) is 6.93. The molecule has 3 aromatic rings. The Labute approximate surface area is 189 Å². The fourth-order valence-corrected chi connectivity index (χ4v) is 2.73. The Bertz CT molecular complexity index is 1040. The molecular formula is C24H24F3N3O3. The van der Waals surface area contributed by atoms with Gasteiger partial charge in [0.15, 0.2) is 0 Å². The van der Waals surface area contributed by atoms with E-state index in [9.17, 15) is 13.2 Å². The highest BCUT2D eigenvalue weighted by atomic mass is 19.4. The smallest absolute Gasteiger partial charge is 0.416 e. The molecule has 0 atom stereocenters. The van der Waals surface area contributed by atoms with Crippen LogP contribution in [0.25, 0.3) is 12.2 Å². The van der Waals surface area contributed by atoms with Gasteiger partial charge in [-0.05, 0) is 41.5 Å². The second kappa shape index (κ2) is 11.8. The summed E-state index contributed by atoms with van der Waals surface area (Å²) in [6, 6.07) is 12.4. The number of oxazole rings is 1. The molecule has 0 saturated carbocycles. The molecule has 0 amide bonds. The number of nitrogens with one attached hydrogen (secondary N) is 1. The van der Waals surface area contributed by atoms with E-state index in [4.69, 9.17) is 19.6 Å². The van der Waals surface area contributed by atoms with Crippen molar-refractivity contribution in [3.63, 3.8) is 0 Å². The first-order valence-electron chi connectivity index (χ1n) is 10.1. The minimum Gasteiger partial charge on any atom is -0.487 e. The summed E-state index contributed by atoms with van der Waals surface area (Å²) in [6.07, 6.45) is 3.42. The Kier molecular flexibility index (Phi) is 8.54. The van der Waals surface area contributed by atoms with Gasteiger partial charge in [-0.25, -0.2) is 4.98 Å². The number of benzene rings is 2. The number of alkyl halides is 3. The summed E-state index contributed by atoms with van der Waals surface area (Å²) in [5, 5.41) is 2.98. The molecule has 0 spiro atoms. The highest BCUT2D eigenvalue weighted by Crippen LogP contribution is 2.29. The number of rotatable bonds is 11. The molecule has 0 unspecified atom stereocenters. The third-order valence-electron chi connectivity index (χ3n) is 4.41. The van der Waals surface area contributed by atoms with Gasteiger partial charge in [-0.3, -0.25) is 0 Å². The molecule has 0 radical (unpaired) electrons. The lowest BCUT2D eigenvalue weighted by Crippen LogP contribution is -2.13. The van der Waals surface area contributed by atoms with Crippen molar-refractivity contribution in [2.75, 3.05) is 13.2 Å². The molecule has 9 heteroatoms. The molecule has 0 saturated heterocycles. The van der Waals surface area contributed by atoms with Crippen LogP contribution < -0.4 is 15.8 Å². The quantitative estimate of drug-likeness (QED) is 0.394. The number of hydrogen-bond acceptors (Lipinski definition) is 6. The Morgan fingerprint density at radius 1 is 1.00 bits per heavy atom. The maximum absolute atomic E-state index is 12.6. The average Bonchev–Trinajstić information content (AvgIpc) is 3.27. The number of halogens is 3. The van der Waals surface area contributed by atoms with Crippen molar-refractivity contribution in [1.29, 1.82) is 0 Å². The predicted octanol–water partition coefficient (Wildman–Crippen LogP) is 4.98. The van der Waals surface area contributed by atoms with E-state index in [1.54, 1.807) is 18.4 Å². The van der Waals surface area contributed by atoms with Crippen LogP contribution in [-0.2, 0) is 24.1 Å². The van der Waals surface area contributed by atoms with Crippen LogP contribution >= 0.6 is 0 Å². The molecule has 6 nitrogen and oxygen atoms in total. The number of ether oxygens (including phenoxy) is 2. The molecule has 1 heterocycles. The molecule has 2 aromatic carbocycles. The first kappa shape index (κ1) is 23.9. The molecule has 0 aliphatic carbocycles. The first-order valence-corrected chi connectivity index (χ1v) is 10.1. The Morgan fingerprint density at radius 2 is 1.76 bits per heavy atom.